The van der Waals surface area contributed by atoms with Crippen LogP contribution in [0.5, 0.6) is 0 Å². The van der Waals surface area contributed by atoms with Crippen molar-refractivity contribution in [2.45, 2.75) is 38.1 Å². The number of hydrogen-bond donors (Lipinski definition) is 1. The van der Waals surface area contributed by atoms with Gasteiger partial charge in [0.05, 0.1) is 0 Å². The first kappa shape index (κ1) is 12.3. The molecule has 0 aromatic rings. The highest BCUT2D eigenvalue weighted by molar-refractivity contribution is 7.86. The van der Waals surface area contributed by atoms with Gasteiger partial charge in [0.15, 0.2) is 0 Å². The Balaban J connectivity index is 2.05. The van der Waals surface area contributed by atoms with Crippen molar-refractivity contribution in [3.63, 3.8) is 0 Å². The molecule has 0 aliphatic carbocycles. The van der Waals surface area contributed by atoms with Crippen molar-refractivity contribution < 1.29 is 8.42 Å². The molecule has 1 unspecified atom stereocenters. The summed E-state index contributed by atoms with van der Waals surface area (Å²) in [4.78, 5) is 0. The maximum Gasteiger partial charge on any atom is 0.282 e. The molecule has 2 aliphatic rings. The zero-order valence-corrected chi connectivity index (χ0v) is 10.5. The fraction of sp³-hybridized carbons (Fsp3) is 1.00. The molecule has 94 valence electrons. The van der Waals surface area contributed by atoms with Crippen LogP contribution in [0.3, 0.4) is 0 Å². The van der Waals surface area contributed by atoms with Crippen molar-refractivity contribution in [2.75, 3.05) is 26.2 Å². The Morgan fingerprint density at radius 3 is 2.19 bits per heavy atom. The molecule has 2 saturated heterocycles. The first-order chi connectivity index (χ1) is 7.60. The molecule has 0 spiro atoms. The summed E-state index contributed by atoms with van der Waals surface area (Å²) in [5.74, 6) is 0. The van der Waals surface area contributed by atoms with Crippen LogP contribution in [-0.2, 0) is 10.2 Å². The summed E-state index contributed by atoms with van der Waals surface area (Å²) in [6.45, 7) is 2.47. The molecular weight excluding hydrogens is 226 g/mol. The smallest absolute Gasteiger partial charge is 0.282 e. The van der Waals surface area contributed by atoms with Crippen LogP contribution in [0.25, 0.3) is 0 Å². The molecule has 6 heteroatoms. The standard InChI is InChI=1S/C10H21N3O2S/c11-10-5-4-8-13(9-10)16(14,15)12-6-2-1-3-7-12/h10H,1-9,11H2. The summed E-state index contributed by atoms with van der Waals surface area (Å²) >= 11 is 0. The first-order valence-electron chi connectivity index (χ1n) is 6.11. The van der Waals surface area contributed by atoms with Gasteiger partial charge in [-0.1, -0.05) is 6.42 Å². The third-order valence-electron chi connectivity index (χ3n) is 3.39. The van der Waals surface area contributed by atoms with Gasteiger partial charge in [0.25, 0.3) is 10.2 Å². The number of piperidine rings is 2. The van der Waals surface area contributed by atoms with E-state index in [4.69, 9.17) is 5.73 Å². The second kappa shape index (κ2) is 5.00. The van der Waals surface area contributed by atoms with Crippen LogP contribution in [0.4, 0.5) is 0 Å². The molecule has 2 fully saturated rings. The molecular formula is C10H21N3O2S. The summed E-state index contributed by atoms with van der Waals surface area (Å²) in [5.41, 5.74) is 5.83. The maximum absolute atomic E-state index is 12.3. The fourth-order valence-corrected chi connectivity index (χ4v) is 4.23. The van der Waals surface area contributed by atoms with Crippen molar-refractivity contribution in [3.05, 3.63) is 0 Å². The van der Waals surface area contributed by atoms with Crippen molar-refractivity contribution >= 4 is 10.2 Å². The highest BCUT2D eigenvalue weighted by Crippen LogP contribution is 2.19. The van der Waals surface area contributed by atoms with Gasteiger partial charge in [-0.3, -0.25) is 0 Å². The van der Waals surface area contributed by atoms with Gasteiger partial charge >= 0.3 is 0 Å². The van der Waals surface area contributed by atoms with Crippen molar-refractivity contribution in [3.8, 4) is 0 Å². The van der Waals surface area contributed by atoms with E-state index in [1.54, 1.807) is 8.61 Å². The van der Waals surface area contributed by atoms with E-state index in [1.165, 1.54) is 0 Å². The molecule has 0 saturated carbocycles. The molecule has 0 radical (unpaired) electrons. The molecule has 2 aliphatic heterocycles. The Kier molecular flexibility index (Phi) is 3.84. The Hall–Kier alpha value is -0.170. The van der Waals surface area contributed by atoms with Crippen molar-refractivity contribution in [1.82, 2.24) is 8.61 Å². The van der Waals surface area contributed by atoms with Gasteiger partial charge in [0.2, 0.25) is 0 Å². The zero-order valence-electron chi connectivity index (χ0n) is 9.64. The molecule has 0 aromatic carbocycles. The van der Waals surface area contributed by atoms with Crippen LogP contribution in [0, 0.1) is 0 Å². The maximum atomic E-state index is 12.3. The van der Waals surface area contributed by atoms with E-state index < -0.39 is 10.2 Å². The van der Waals surface area contributed by atoms with E-state index in [9.17, 15) is 8.42 Å². The Bertz CT molecular complexity index is 325. The van der Waals surface area contributed by atoms with E-state index in [0.717, 1.165) is 32.1 Å². The Morgan fingerprint density at radius 2 is 1.56 bits per heavy atom. The summed E-state index contributed by atoms with van der Waals surface area (Å²) in [6, 6.07) is 0.00770. The second-order valence-corrected chi connectivity index (χ2v) is 6.66. The van der Waals surface area contributed by atoms with Gasteiger partial charge in [-0.25, -0.2) is 0 Å². The lowest BCUT2D eigenvalue weighted by atomic mass is 10.1. The molecule has 0 amide bonds. The van der Waals surface area contributed by atoms with Gasteiger partial charge in [-0.15, -0.1) is 0 Å². The molecule has 0 bridgehead atoms. The van der Waals surface area contributed by atoms with E-state index >= 15 is 0 Å². The van der Waals surface area contributed by atoms with Crippen molar-refractivity contribution in [2.24, 2.45) is 5.73 Å². The average Bonchev–Trinajstić information content (AvgIpc) is 2.30. The van der Waals surface area contributed by atoms with E-state index in [1.807, 2.05) is 0 Å². The summed E-state index contributed by atoms with van der Waals surface area (Å²) in [6.07, 6.45) is 4.93. The lowest BCUT2D eigenvalue weighted by Gasteiger charge is -2.35. The third kappa shape index (κ3) is 2.56. The minimum Gasteiger partial charge on any atom is -0.327 e. The predicted molar refractivity (Wildman–Crippen MR) is 63.1 cm³/mol. The van der Waals surface area contributed by atoms with Crippen LogP contribution >= 0.6 is 0 Å². The van der Waals surface area contributed by atoms with Crippen LogP contribution in [-0.4, -0.2) is 49.2 Å². The van der Waals surface area contributed by atoms with Crippen LogP contribution in [0.15, 0.2) is 0 Å². The minimum atomic E-state index is -3.23. The zero-order chi connectivity index (χ0) is 11.6. The molecule has 16 heavy (non-hydrogen) atoms. The van der Waals surface area contributed by atoms with E-state index in [0.29, 0.717) is 26.2 Å². The molecule has 1 atom stereocenters. The SMILES string of the molecule is NC1CCCN(S(=O)(=O)N2CCCCC2)C1. The minimum absolute atomic E-state index is 0.00770. The topological polar surface area (TPSA) is 66.6 Å². The molecule has 0 aromatic heterocycles. The van der Waals surface area contributed by atoms with E-state index in [-0.39, 0.29) is 6.04 Å². The normalized spacial score (nSPS) is 30.4. The van der Waals surface area contributed by atoms with Crippen LogP contribution in [0.2, 0.25) is 0 Å². The second-order valence-electron chi connectivity index (χ2n) is 4.73. The molecule has 2 N–H and O–H groups in total. The number of rotatable bonds is 2. The number of hydrogen-bond acceptors (Lipinski definition) is 3. The average molecular weight is 247 g/mol. The lowest BCUT2D eigenvalue weighted by molar-refractivity contribution is 0.268. The number of nitrogens with zero attached hydrogens (tertiary/aromatic N) is 2. The van der Waals surface area contributed by atoms with Gasteiger partial charge in [-0.05, 0) is 25.7 Å². The van der Waals surface area contributed by atoms with Crippen molar-refractivity contribution in [1.29, 1.82) is 0 Å². The largest absolute Gasteiger partial charge is 0.327 e. The Morgan fingerprint density at radius 1 is 0.938 bits per heavy atom. The highest BCUT2D eigenvalue weighted by Gasteiger charge is 2.33. The highest BCUT2D eigenvalue weighted by atomic mass is 32.2. The summed E-state index contributed by atoms with van der Waals surface area (Å²) < 4.78 is 27.7. The van der Waals surface area contributed by atoms with E-state index in [2.05, 4.69) is 0 Å². The monoisotopic (exact) mass is 247 g/mol. The molecule has 5 nitrogen and oxygen atoms in total. The predicted octanol–water partition coefficient (Wildman–Crippen LogP) is 0.140. The first-order valence-corrected chi connectivity index (χ1v) is 7.51. The summed E-state index contributed by atoms with van der Waals surface area (Å²) in [5, 5.41) is 0. The molecule has 2 heterocycles. The fourth-order valence-electron chi connectivity index (χ4n) is 2.44. The van der Waals surface area contributed by atoms with Crippen LogP contribution in [0.1, 0.15) is 32.1 Å². The number of nitrogens with two attached hydrogens (primary N) is 1. The molecule has 2 rings (SSSR count). The van der Waals surface area contributed by atoms with Gasteiger partial charge in [0, 0.05) is 32.2 Å². The van der Waals surface area contributed by atoms with Gasteiger partial charge in [0.1, 0.15) is 0 Å². The quantitative estimate of drug-likeness (QED) is 0.755. The third-order valence-corrected chi connectivity index (χ3v) is 5.39. The van der Waals surface area contributed by atoms with Crippen LogP contribution < -0.4 is 5.73 Å². The lowest BCUT2D eigenvalue weighted by Crippen LogP contribution is -2.52. The van der Waals surface area contributed by atoms with Gasteiger partial charge in [-0.2, -0.15) is 17.0 Å². The summed E-state index contributed by atoms with van der Waals surface area (Å²) in [7, 11) is -3.23. The van der Waals surface area contributed by atoms with Gasteiger partial charge < -0.3 is 5.73 Å². The Labute approximate surface area is 97.8 Å².